The molecule has 2 aliphatic rings. The number of nitrogens with two attached hydrogens (primary N) is 1. The maximum absolute atomic E-state index is 6.44. The van der Waals surface area contributed by atoms with Crippen LogP contribution >= 0.6 is 0 Å². The van der Waals surface area contributed by atoms with Crippen molar-refractivity contribution in [3.05, 3.63) is 35.4 Å². The molecule has 2 nitrogen and oxygen atoms in total. The fourth-order valence-corrected chi connectivity index (χ4v) is 3.81. The van der Waals surface area contributed by atoms with Gasteiger partial charge >= 0.3 is 0 Å². The highest BCUT2D eigenvalue weighted by molar-refractivity contribution is 5.29. The van der Waals surface area contributed by atoms with Gasteiger partial charge in [-0.3, -0.25) is 0 Å². The van der Waals surface area contributed by atoms with Crippen LogP contribution in [0.1, 0.15) is 75.0 Å². The van der Waals surface area contributed by atoms with Crippen molar-refractivity contribution in [1.82, 2.24) is 0 Å². The van der Waals surface area contributed by atoms with Gasteiger partial charge in [0.15, 0.2) is 0 Å². The highest BCUT2D eigenvalue weighted by Crippen LogP contribution is 2.37. The third kappa shape index (κ3) is 2.77. The monoisotopic (exact) mass is 273 g/mol. The smallest absolute Gasteiger partial charge is 0.0847 e. The Labute approximate surface area is 122 Å². The average Bonchev–Trinajstić information content (AvgIpc) is 2.96. The van der Waals surface area contributed by atoms with Crippen LogP contribution in [0, 0.1) is 0 Å². The lowest BCUT2D eigenvalue weighted by molar-refractivity contribution is -0.00174. The minimum atomic E-state index is -0.174. The van der Waals surface area contributed by atoms with Gasteiger partial charge in [0.1, 0.15) is 0 Å². The van der Waals surface area contributed by atoms with Crippen LogP contribution < -0.4 is 5.73 Å². The van der Waals surface area contributed by atoms with Crippen LogP contribution in [0.25, 0.3) is 0 Å². The van der Waals surface area contributed by atoms with Gasteiger partial charge in [0.05, 0.1) is 11.6 Å². The molecule has 2 fully saturated rings. The van der Waals surface area contributed by atoms with Gasteiger partial charge in [0.25, 0.3) is 0 Å². The summed E-state index contributed by atoms with van der Waals surface area (Å²) in [4.78, 5) is 0. The molecular formula is C18H27NO. The van der Waals surface area contributed by atoms with E-state index in [1.807, 2.05) is 0 Å². The zero-order chi connectivity index (χ0) is 14.0. The van der Waals surface area contributed by atoms with E-state index in [2.05, 4.69) is 31.2 Å². The molecule has 2 atom stereocenters. The number of hydrogen-bond donors (Lipinski definition) is 1. The normalized spacial score (nSPS) is 29.5. The molecule has 1 aromatic rings. The van der Waals surface area contributed by atoms with Gasteiger partial charge in [0, 0.05) is 6.61 Å². The van der Waals surface area contributed by atoms with E-state index in [0.717, 1.165) is 25.4 Å². The molecule has 1 aliphatic carbocycles. The average molecular weight is 273 g/mol. The minimum Gasteiger partial charge on any atom is -0.373 e. The number of rotatable bonds is 3. The highest BCUT2D eigenvalue weighted by Gasteiger charge is 2.37. The summed E-state index contributed by atoms with van der Waals surface area (Å²) < 4.78 is 5.88. The molecule has 1 aliphatic heterocycles. The first-order valence-corrected chi connectivity index (χ1v) is 8.18. The molecular weight excluding hydrogens is 246 g/mol. The van der Waals surface area contributed by atoms with Crippen molar-refractivity contribution in [1.29, 1.82) is 0 Å². The standard InChI is InChI=1S/C18H27NO/c1-18(12-5-13-20-18)17(19)16-10-8-15(9-11-16)14-6-3-2-4-7-14/h8-11,14,17H,2-7,12-13,19H2,1H3. The molecule has 0 amide bonds. The quantitative estimate of drug-likeness (QED) is 0.891. The summed E-state index contributed by atoms with van der Waals surface area (Å²) in [6.45, 7) is 3.00. The Morgan fingerprint density at radius 2 is 1.80 bits per heavy atom. The van der Waals surface area contributed by atoms with E-state index >= 15 is 0 Å². The minimum absolute atomic E-state index is 0.00888. The summed E-state index contributed by atoms with van der Waals surface area (Å²) in [5, 5.41) is 0. The van der Waals surface area contributed by atoms with Crippen LogP contribution in [0.3, 0.4) is 0 Å². The number of benzene rings is 1. The third-order valence-electron chi connectivity index (χ3n) is 5.28. The summed E-state index contributed by atoms with van der Waals surface area (Å²) >= 11 is 0. The SMILES string of the molecule is CC1(C(N)c2ccc(C3CCCCC3)cc2)CCCO1. The summed E-state index contributed by atoms with van der Waals surface area (Å²) in [5.41, 5.74) is 8.98. The predicted molar refractivity (Wildman–Crippen MR) is 82.8 cm³/mol. The van der Waals surface area contributed by atoms with Crippen LogP contribution in [0.2, 0.25) is 0 Å². The van der Waals surface area contributed by atoms with E-state index in [4.69, 9.17) is 10.5 Å². The van der Waals surface area contributed by atoms with Gasteiger partial charge in [-0.25, -0.2) is 0 Å². The van der Waals surface area contributed by atoms with Crippen molar-refractivity contribution in [2.45, 2.75) is 69.4 Å². The van der Waals surface area contributed by atoms with E-state index in [0.29, 0.717) is 0 Å². The van der Waals surface area contributed by atoms with Gasteiger partial charge in [-0.15, -0.1) is 0 Å². The maximum atomic E-state index is 6.44. The first-order valence-electron chi connectivity index (χ1n) is 8.18. The molecule has 2 heteroatoms. The Hall–Kier alpha value is -0.860. The van der Waals surface area contributed by atoms with Gasteiger partial charge in [-0.05, 0) is 49.7 Å². The molecule has 2 unspecified atom stereocenters. The van der Waals surface area contributed by atoms with Crippen LogP contribution in [0.5, 0.6) is 0 Å². The number of hydrogen-bond acceptors (Lipinski definition) is 2. The van der Waals surface area contributed by atoms with Gasteiger partial charge in [0.2, 0.25) is 0 Å². The van der Waals surface area contributed by atoms with Crippen molar-refractivity contribution >= 4 is 0 Å². The van der Waals surface area contributed by atoms with Crippen LogP contribution in [-0.4, -0.2) is 12.2 Å². The molecule has 1 saturated carbocycles. The van der Waals surface area contributed by atoms with E-state index < -0.39 is 0 Å². The second-order valence-electron chi connectivity index (χ2n) is 6.74. The van der Waals surface area contributed by atoms with Gasteiger partial charge in [-0.1, -0.05) is 43.5 Å². The zero-order valence-electron chi connectivity index (χ0n) is 12.6. The molecule has 0 bridgehead atoms. The van der Waals surface area contributed by atoms with E-state index in [1.165, 1.54) is 43.2 Å². The predicted octanol–water partition coefficient (Wildman–Crippen LogP) is 4.30. The van der Waals surface area contributed by atoms with E-state index in [-0.39, 0.29) is 11.6 Å². The first kappa shape index (κ1) is 14.1. The van der Waals surface area contributed by atoms with Crippen molar-refractivity contribution < 1.29 is 4.74 Å². The summed E-state index contributed by atoms with van der Waals surface area (Å²) in [7, 11) is 0. The van der Waals surface area contributed by atoms with Crippen molar-refractivity contribution in [2.24, 2.45) is 5.73 Å². The Balaban J connectivity index is 1.72. The molecule has 0 radical (unpaired) electrons. The molecule has 0 spiro atoms. The van der Waals surface area contributed by atoms with Gasteiger partial charge in [-0.2, -0.15) is 0 Å². The Morgan fingerprint density at radius 1 is 1.10 bits per heavy atom. The molecule has 2 N–H and O–H groups in total. The number of ether oxygens (including phenoxy) is 1. The summed E-state index contributed by atoms with van der Waals surface area (Å²) in [6.07, 6.45) is 9.09. The molecule has 3 rings (SSSR count). The highest BCUT2D eigenvalue weighted by atomic mass is 16.5. The van der Waals surface area contributed by atoms with E-state index in [9.17, 15) is 0 Å². The third-order valence-corrected chi connectivity index (χ3v) is 5.28. The fraction of sp³-hybridized carbons (Fsp3) is 0.667. The second kappa shape index (κ2) is 5.87. The Kier molecular flexibility index (Phi) is 4.13. The molecule has 20 heavy (non-hydrogen) atoms. The van der Waals surface area contributed by atoms with Crippen LogP contribution in [-0.2, 0) is 4.74 Å². The maximum Gasteiger partial charge on any atom is 0.0847 e. The molecule has 110 valence electrons. The second-order valence-corrected chi connectivity index (χ2v) is 6.74. The lowest BCUT2D eigenvalue weighted by Gasteiger charge is -2.31. The summed E-state index contributed by atoms with van der Waals surface area (Å²) in [5.74, 6) is 0.771. The lowest BCUT2D eigenvalue weighted by atomic mass is 9.82. The largest absolute Gasteiger partial charge is 0.373 e. The first-order chi connectivity index (χ1) is 9.69. The van der Waals surface area contributed by atoms with Crippen molar-refractivity contribution in [3.8, 4) is 0 Å². The molecule has 1 heterocycles. The Bertz CT molecular complexity index is 427. The Morgan fingerprint density at radius 3 is 2.40 bits per heavy atom. The molecule has 0 aromatic heterocycles. The van der Waals surface area contributed by atoms with Crippen molar-refractivity contribution in [3.63, 3.8) is 0 Å². The van der Waals surface area contributed by atoms with E-state index in [1.54, 1.807) is 0 Å². The summed E-state index contributed by atoms with van der Waals surface area (Å²) in [6, 6.07) is 9.03. The van der Waals surface area contributed by atoms with Gasteiger partial charge < -0.3 is 10.5 Å². The van der Waals surface area contributed by atoms with Crippen molar-refractivity contribution in [2.75, 3.05) is 6.61 Å². The fourth-order valence-electron chi connectivity index (χ4n) is 3.81. The van der Waals surface area contributed by atoms with Crippen LogP contribution in [0.4, 0.5) is 0 Å². The molecule has 1 saturated heterocycles. The topological polar surface area (TPSA) is 35.2 Å². The zero-order valence-corrected chi connectivity index (χ0v) is 12.6. The van der Waals surface area contributed by atoms with Crippen LogP contribution in [0.15, 0.2) is 24.3 Å². The lowest BCUT2D eigenvalue weighted by Crippen LogP contribution is -2.37. The molecule has 1 aromatic carbocycles.